The molecule has 1 aromatic carbocycles. The maximum Gasteiger partial charge on any atom is 0.258 e. The van der Waals surface area contributed by atoms with Gasteiger partial charge in [-0.15, -0.1) is 0 Å². The number of hydrogen-bond donors (Lipinski definition) is 2. The molecule has 2 N–H and O–H groups in total. The van der Waals surface area contributed by atoms with Crippen molar-refractivity contribution < 1.29 is 14.3 Å². The molecule has 2 aliphatic rings. The first-order chi connectivity index (χ1) is 12.8. The largest absolute Gasteiger partial charge is 0.484 e. The van der Waals surface area contributed by atoms with Gasteiger partial charge in [0.2, 0.25) is 5.91 Å². The van der Waals surface area contributed by atoms with Crippen molar-refractivity contribution in [2.45, 2.75) is 44.8 Å². The Morgan fingerprint density at radius 3 is 2.30 bits per heavy atom. The lowest BCUT2D eigenvalue weighted by atomic mass is 10.1. The number of halogens is 1. The van der Waals surface area contributed by atoms with Crippen molar-refractivity contribution in [2.75, 3.05) is 20.2 Å². The summed E-state index contributed by atoms with van der Waals surface area (Å²) in [5, 5.41) is 6.84. The molecule has 2 aliphatic carbocycles. The highest BCUT2D eigenvalue weighted by Gasteiger charge is 2.55. The van der Waals surface area contributed by atoms with Gasteiger partial charge in [-0.25, -0.2) is 0 Å². The minimum absolute atomic E-state index is 0.0221. The van der Waals surface area contributed by atoms with E-state index in [4.69, 9.17) is 16.3 Å². The highest BCUT2D eigenvalue weighted by atomic mass is 35.5. The molecular formula is C20H28ClN3O3. The maximum atomic E-state index is 12.2. The molecule has 2 fully saturated rings. The molecule has 0 heterocycles. The quantitative estimate of drug-likeness (QED) is 0.709. The van der Waals surface area contributed by atoms with E-state index in [9.17, 15) is 9.59 Å². The van der Waals surface area contributed by atoms with E-state index in [1.54, 1.807) is 24.3 Å². The lowest BCUT2D eigenvalue weighted by molar-refractivity contribution is -0.124. The zero-order valence-corrected chi connectivity index (χ0v) is 16.8. The number of ether oxygens (including phenoxy) is 1. The summed E-state index contributed by atoms with van der Waals surface area (Å²) in [4.78, 5) is 26.4. The zero-order chi connectivity index (χ0) is 19.6. The third-order valence-electron chi connectivity index (χ3n) is 5.58. The second-order valence-corrected chi connectivity index (χ2v) is 8.34. The van der Waals surface area contributed by atoms with Crippen LogP contribution in [-0.4, -0.2) is 55.0 Å². The van der Waals surface area contributed by atoms with Crippen LogP contribution in [0, 0.1) is 11.8 Å². The number of benzene rings is 1. The molecule has 0 aromatic heterocycles. The Hall–Kier alpha value is -1.79. The summed E-state index contributed by atoms with van der Waals surface area (Å²) in [7, 11) is 1.95. The van der Waals surface area contributed by atoms with Gasteiger partial charge in [-0.3, -0.25) is 14.5 Å². The van der Waals surface area contributed by atoms with Crippen LogP contribution < -0.4 is 15.4 Å². The molecule has 1 aromatic rings. The summed E-state index contributed by atoms with van der Waals surface area (Å²) < 4.78 is 5.49. The van der Waals surface area contributed by atoms with Crippen molar-refractivity contribution in [3.05, 3.63) is 29.3 Å². The van der Waals surface area contributed by atoms with E-state index in [1.165, 1.54) is 0 Å². The van der Waals surface area contributed by atoms with Crippen molar-refractivity contribution in [2.24, 2.45) is 11.8 Å². The smallest absolute Gasteiger partial charge is 0.258 e. The molecule has 0 radical (unpaired) electrons. The summed E-state index contributed by atoms with van der Waals surface area (Å²) >= 11 is 5.83. The second kappa shape index (κ2) is 8.48. The molecule has 2 unspecified atom stereocenters. The van der Waals surface area contributed by atoms with Gasteiger partial charge in [0, 0.05) is 23.1 Å². The monoisotopic (exact) mass is 393 g/mol. The molecule has 0 spiro atoms. The standard InChI is InChI=1S/C20H28ClN3O3/c1-12(2)24(3)10-19(25)22-17-9-18(16-8-15(16)17)23-20(26)11-27-14-6-4-13(21)5-7-14/h4-7,12,15-18H,8-11H2,1-3H3,(H,22,25)(H,23,26)/t15?,16?,17-,18+/m1/s1. The summed E-state index contributed by atoms with van der Waals surface area (Å²) in [6.45, 7) is 4.51. The van der Waals surface area contributed by atoms with Gasteiger partial charge < -0.3 is 15.4 Å². The lowest BCUT2D eigenvalue weighted by Crippen LogP contribution is -2.45. The van der Waals surface area contributed by atoms with Gasteiger partial charge in [0.1, 0.15) is 5.75 Å². The van der Waals surface area contributed by atoms with E-state index in [1.807, 2.05) is 11.9 Å². The fraction of sp³-hybridized carbons (Fsp3) is 0.600. The van der Waals surface area contributed by atoms with E-state index in [-0.39, 0.29) is 30.5 Å². The Morgan fingerprint density at radius 1 is 1.11 bits per heavy atom. The Bertz CT molecular complexity index is 680. The molecule has 6 nitrogen and oxygen atoms in total. The van der Waals surface area contributed by atoms with Crippen LogP contribution in [0.3, 0.4) is 0 Å². The molecule has 3 rings (SSSR count). The van der Waals surface area contributed by atoms with Gasteiger partial charge >= 0.3 is 0 Å². The zero-order valence-electron chi connectivity index (χ0n) is 16.1. The second-order valence-electron chi connectivity index (χ2n) is 7.90. The van der Waals surface area contributed by atoms with E-state index in [0.717, 1.165) is 12.8 Å². The van der Waals surface area contributed by atoms with Gasteiger partial charge in [-0.2, -0.15) is 0 Å². The predicted octanol–water partition coefficient (Wildman–Crippen LogP) is 2.07. The van der Waals surface area contributed by atoms with Crippen LogP contribution in [0.15, 0.2) is 24.3 Å². The summed E-state index contributed by atoms with van der Waals surface area (Å²) in [6.07, 6.45) is 1.85. The normalized spacial score (nSPS) is 26.0. The van der Waals surface area contributed by atoms with E-state index >= 15 is 0 Å². The molecule has 0 aliphatic heterocycles. The van der Waals surface area contributed by atoms with Gasteiger partial charge in [0.25, 0.3) is 5.91 Å². The lowest BCUT2D eigenvalue weighted by Gasteiger charge is -2.23. The highest BCUT2D eigenvalue weighted by molar-refractivity contribution is 6.30. The fourth-order valence-electron chi connectivity index (χ4n) is 3.71. The van der Waals surface area contributed by atoms with Gasteiger partial charge in [0.15, 0.2) is 6.61 Å². The Kier molecular flexibility index (Phi) is 6.27. The van der Waals surface area contributed by atoms with E-state index in [0.29, 0.717) is 35.2 Å². The van der Waals surface area contributed by atoms with Crippen molar-refractivity contribution in [1.82, 2.24) is 15.5 Å². The topological polar surface area (TPSA) is 70.7 Å². The molecular weight excluding hydrogens is 366 g/mol. The molecule has 4 atom stereocenters. The highest BCUT2D eigenvalue weighted by Crippen LogP contribution is 2.51. The van der Waals surface area contributed by atoms with Crippen LogP contribution in [0.1, 0.15) is 26.7 Å². The molecule has 7 heteroatoms. The Labute approximate surface area is 165 Å². The van der Waals surface area contributed by atoms with Gasteiger partial charge in [0.05, 0.1) is 6.54 Å². The van der Waals surface area contributed by atoms with Crippen molar-refractivity contribution >= 4 is 23.4 Å². The van der Waals surface area contributed by atoms with Crippen LogP contribution in [0.25, 0.3) is 0 Å². The van der Waals surface area contributed by atoms with Gasteiger partial charge in [-0.05, 0) is 69.8 Å². The number of hydrogen-bond acceptors (Lipinski definition) is 4. The average Bonchev–Trinajstić information content (AvgIpc) is 3.34. The van der Waals surface area contributed by atoms with Crippen molar-refractivity contribution in [3.63, 3.8) is 0 Å². The number of fused-ring (bicyclic) bond motifs is 1. The third kappa shape index (κ3) is 5.36. The van der Waals surface area contributed by atoms with E-state index in [2.05, 4.69) is 24.5 Å². The van der Waals surface area contributed by atoms with Crippen molar-refractivity contribution in [3.8, 4) is 5.75 Å². The SMILES string of the molecule is CC(C)N(C)CC(=O)N[C@@H]1C[C@H](NC(=O)COc2ccc(Cl)cc2)C2CC21. The predicted molar refractivity (Wildman–Crippen MR) is 105 cm³/mol. The summed E-state index contributed by atoms with van der Waals surface area (Å²) in [5.74, 6) is 1.50. The first kappa shape index (κ1) is 20.0. The Balaban J connectivity index is 1.41. The number of nitrogens with one attached hydrogen (secondary N) is 2. The van der Waals surface area contributed by atoms with Gasteiger partial charge in [-0.1, -0.05) is 11.6 Å². The Morgan fingerprint density at radius 2 is 1.70 bits per heavy atom. The molecule has 2 saturated carbocycles. The van der Waals surface area contributed by atoms with Crippen LogP contribution >= 0.6 is 11.6 Å². The van der Waals surface area contributed by atoms with Crippen LogP contribution in [0.5, 0.6) is 5.75 Å². The molecule has 0 saturated heterocycles. The van der Waals surface area contributed by atoms with E-state index < -0.39 is 0 Å². The fourth-order valence-corrected chi connectivity index (χ4v) is 3.83. The van der Waals surface area contributed by atoms with Crippen LogP contribution in [0.2, 0.25) is 5.02 Å². The molecule has 2 amide bonds. The first-order valence-corrected chi connectivity index (χ1v) is 9.88. The summed E-state index contributed by atoms with van der Waals surface area (Å²) in [6, 6.07) is 7.54. The maximum absolute atomic E-state index is 12.2. The minimum atomic E-state index is -0.132. The first-order valence-electron chi connectivity index (χ1n) is 9.51. The summed E-state index contributed by atoms with van der Waals surface area (Å²) in [5.41, 5.74) is 0. The van der Waals surface area contributed by atoms with Crippen LogP contribution in [0.4, 0.5) is 0 Å². The average molecular weight is 394 g/mol. The van der Waals surface area contributed by atoms with Crippen LogP contribution in [-0.2, 0) is 9.59 Å². The molecule has 148 valence electrons. The molecule has 27 heavy (non-hydrogen) atoms. The molecule has 0 bridgehead atoms. The number of carbonyl (C=O) groups excluding carboxylic acids is 2. The van der Waals surface area contributed by atoms with Crippen molar-refractivity contribution in [1.29, 1.82) is 0 Å². The number of nitrogens with zero attached hydrogens (tertiary/aromatic N) is 1. The third-order valence-corrected chi connectivity index (χ3v) is 5.84. The minimum Gasteiger partial charge on any atom is -0.484 e. The number of amides is 2. The number of rotatable bonds is 8. The number of carbonyl (C=O) groups is 2. The number of likely N-dealkylation sites (N-methyl/N-ethyl adjacent to an activating group) is 1.